The SMILES string of the molecule is NCC12CCCS(=O)(=O)C1CN(C(=O)CC1CC1)C2. The molecule has 3 rings (SSSR count). The van der Waals surface area contributed by atoms with E-state index in [-0.39, 0.29) is 17.1 Å². The zero-order valence-corrected chi connectivity index (χ0v) is 12.0. The Bertz CT molecular complexity index is 486. The van der Waals surface area contributed by atoms with Crippen molar-refractivity contribution < 1.29 is 13.2 Å². The third-order valence-electron chi connectivity index (χ3n) is 5.03. The maximum Gasteiger partial charge on any atom is 0.222 e. The zero-order valence-electron chi connectivity index (χ0n) is 11.2. The molecule has 2 unspecified atom stereocenters. The lowest BCUT2D eigenvalue weighted by molar-refractivity contribution is -0.130. The van der Waals surface area contributed by atoms with E-state index in [0.717, 1.165) is 19.3 Å². The van der Waals surface area contributed by atoms with E-state index in [0.29, 0.717) is 38.4 Å². The number of likely N-dealkylation sites (tertiary alicyclic amines) is 1. The largest absolute Gasteiger partial charge is 0.341 e. The first-order valence-corrected chi connectivity index (χ1v) is 8.88. The highest BCUT2D eigenvalue weighted by molar-refractivity contribution is 7.92. The Balaban J connectivity index is 1.80. The van der Waals surface area contributed by atoms with Gasteiger partial charge in [-0.1, -0.05) is 0 Å². The minimum Gasteiger partial charge on any atom is -0.341 e. The monoisotopic (exact) mass is 286 g/mol. The van der Waals surface area contributed by atoms with Crippen molar-refractivity contribution in [1.82, 2.24) is 4.90 Å². The third-order valence-corrected chi connectivity index (χ3v) is 7.41. The van der Waals surface area contributed by atoms with E-state index in [1.54, 1.807) is 4.90 Å². The van der Waals surface area contributed by atoms with E-state index in [2.05, 4.69) is 0 Å². The molecule has 2 atom stereocenters. The van der Waals surface area contributed by atoms with E-state index in [9.17, 15) is 13.2 Å². The molecule has 3 fully saturated rings. The Morgan fingerprint density at radius 3 is 2.68 bits per heavy atom. The molecule has 2 saturated heterocycles. The fraction of sp³-hybridized carbons (Fsp3) is 0.923. The number of nitrogens with zero attached hydrogens (tertiary/aromatic N) is 1. The summed E-state index contributed by atoms with van der Waals surface area (Å²) in [5.74, 6) is 0.921. The van der Waals surface area contributed by atoms with Gasteiger partial charge in [-0.3, -0.25) is 4.79 Å². The average Bonchev–Trinajstić information content (AvgIpc) is 3.06. The van der Waals surface area contributed by atoms with Crippen LogP contribution in [0.25, 0.3) is 0 Å². The summed E-state index contributed by atoms with van der Waals surface area (Å²) < 4.78 is 24.5. The molecule has 0 aromatic heterocycles. The molecule has 6 heteroatoms. The normalized spacial score (nSPS) is 37.1. The maximum absolute atomic E-state index is 12.2. The van der Waals surface area contributed by atoms with Crippen LogP contribution in [0.2, 0.25) is 0 Å². The average molecular weight is 286 g/mol. The van der Waals surface area contributed by atoms with Crippen LogP contribution in [0.3, 0.4) is 0 Å². The molecule has 0 bridgehead atoms. The number of rotatable bonds is 3. The predicted molar refractivity (Wildman–Crippen MR) is 72.2 cm³/mol. The van der Waals surface area contributed by atoms with Crippen molar-refractivity contribution in [3.63, 3.8) is 0 Å². The van der Waals surface area contributed by atoms with E-state index in [1.807, 2.05) is 0 Å². The Labute approximate surface area is 114 Å². The summed E-state index contributed by atoms with van der Waals surface area (Å²) >= 11 is 0. The van der Waals surface area contributed by atoms with Crippen molar-refractivity contribution in [2.24, 2.45) is 17.1 Å². The van der Waals surface area contributed by atoms with Crippen LogP contribution in [0.1, 0.15) is 32.1 Å². The molecule has 19 heavy (non-hydrogen) atoms. The van der Waals surface area contributed by atoms with Gasteiger partial charge in [0.2, 0.25) is 5.91 Å². The van der Waals surface area contributed by atoms with E-state index < -0.39 is 15.1 Å². The fourth-order valence-corrected chi connectivity index (χ4v) is 5.92. The van der Waals surface area contributed by atoms with Crippen molar-refractivity contribution >= 4 is 15.7 Å². The minimum absolute atomic E-state index is 0.125. The van der Waals surface area contributed by atoms with Gasteiger partial charge < -0.3 is 10.6 Å². The van der Waals surface area contributed by atoms with Crippen molar-refractivity contribution in [2.75, 3.05) is 25.4 Å². The molecule has 0 aromatic carbocycles. The van der Waals surface area contributed by atoms with Gasteiger partial charge >= 0.3 is 0 Å². The van der Waals surface area contributed by atoms with Crippen LogP contribution in [-0.2, 0) is 14.6 Å². The standard InChI is InChI=1S/C13H22N2O3S/c14-8-13-4-1-5-19(17,18)11(13)7-15(9-13)12(16)6-10-2-3-10/h10-11H,1-9,14H2. The molecule has 3 aliphatic rings. The van der Waals surface area contributed by atoms with Crippen molar-refractivity contribution in [1.29, 1.82) is 0 Å². The van der Waals surface area contributed by atoms with E-state index in [1.165, 1.54) is 0 Å². The summed E-state index contributed by atoms with van der Waals surface area (Å²) in [5.41, 5.74) is 5.50. The van der Waals surface area contributed by atoms with Crippen LogP contribution in [0.4, 0.5) is 0 Å². The van der Waals surface area contributed by atoms with E-state index >= 15 is 0 Å². The molecular formula is C13H22N2O3S. The minimum atomic E-state index is -3.08. The molecule has 2 heterocycles. The number of sulfone groups is 1. The smallest absolute Gasteiger partial charge is 0.222 e. The summed E-state index contributed by atoms with van der Waals surface area (Å²) in [6.07, 6.45) is 4.39. The molecule has 2 aliphatic heterocycles. The van der Waals surface area contributed by atoms with Crippen molar-refractivity contribution in [2.45, 2.75) is 37.4 Å². The van der Waals surface area contributed by atoms with Crippen LogP contribution in [0.5, 0.6) is 0 Å². The second-order valence-corrected chi connectivity index (χ2v) is 8.75. The van der Waals surface area contributed by atoms with E-state index in [4.69, 9.17) is 5.73 Å². The van der Waals surface area contributed by atoms with Crippen LogP contribution in [-0.4, -0.2) is 49.9 Å². The Morgan fingerprint density at radius 2 is 2.11 bits per heavy atom. The molecule has 108 valence electrons. The van der Waals surface area contributed by atoms with Crippen LogP contribution >= 0.6 is 0 Å². The van der Waals surface area contributed by atoms with Gasteiger partial charge in [-0.25, -0.2) is 8.42 Å². The molecule has 5 nitrogen and oxygen atoms in total. The molecular weight excluding hydrogens is 264 g/mol. The van der Waals surface area contributed by atoms with Crippen molar-refractivity contribution in [3.05, 3.63) is 0 Å². The first-order valence-electron chi connectivity index (χ1n) is 7.16. The first-order chi connectivity index (χ1) is 8.97. The van der Waals surface area contributed by atoms with Crippen LogP contribution < -0.4 is 5.73 Å². The molecule has 1 amide bonds. The van der Waals surface area contributed by atoms with Gasteiger partial charge in [-0.15, -0.1) is 0 Å². The van der Waals surface area contributed by atoms with Gasteiger partial charge in [-0.2, -0.15) is 0 Å². The Hall–Kier alpha value is -0.620. The molecule has 1 saturated carbocycles. The van der Waals surface area contributed by atoms with Crippen molar-refractivity contribution in [3.8, 4) is 0 Å². The predicted octanol–water partition coefficient (Wildman–Crippen LogP) is 0.151. The van der Waals surface area contributed by atoms with Gasteiger partial charge in [0.05, 0.1) is 11.0 Å². The highest BCUT2D eigenvalue weighted by atomic mass is 32.2. The second kappa shape index (κ2) is 4.45. The molecule has 2 N–H and O–H groups in total. The number of carbonyl (C=O) groups is 1. The van der Waals surface area contributed by atoms with Crippen LogP contribution in [0.15, 0.2) is 0 Å². The molecule has 1 aliphatic carbocycles. The summed E-state index contributed by atoms with van der Waals surface area (Å²) in [6, 6.07) is 0. The number of carbonyl (C=O) groups excluding carboxylic acids is 1. The summed E-state index contributed by atoms with van der Waals surface area (Å²) in [4.78, 5) is 14.0. The number of fused-ring (bicyclic) bond motifs is 1. The maximum atomic E-state index is 12.2. The topological polar surface area (TPSA) is 80.5 Å². The summed E-state index contributed by atoms with van der Waals surface area (Å²) in [6.45, 7) is 1.27. The second-order valence-electron chi connectivity index (χ2n) is 6.45. The summed E-state index contributed by atoms with van der Waals surface area (Å²) in [7, 11) is -3.08. The lowest BCUT2D eigenvalue weighted by atomic mass is 9.82. The van der Waals surface area contributed by atoms with Gasteiger partial charge in [0, 0.05) is 31.5 Å². The van der Waals surface area contributed by atoms with Crippen LogP contribution in [0, 0.1) is 11.3 Å². The Morgan fingerprint density at radius 1 is 1.37 bits per heavy atom. The molecule has 0 radical (unpaired) electrons. The number of hydrogen-bond acceptors (Lipinski definition) is 4. The highest BCUT2D eigenvalue weighted by Crippen LogP contribution is 2.43. The quantitative estimate of drug-likeness (QED) is 0.801. The number of hydrogen-bond donors (Lipinski definition) is 1. The molecule has 0 aromatic rings. The summed E-state index contributed by atoms with van der Waals surface area (Å²) in [5, 5.41) is -0.429. The van der Waals surface area contributed by atoms with Gasteiger partial charge in [0.15, 0.2) is 9.84 Å². The Kier molecular flexibility index (Phi) is 3.13. The number of amides is 1. The molecule has 0 spiro atoms. The third kappa shape index (κ3) is 2.29. The highest BCUT2D eigenvalue weighted by Gasteiger charge is 2.54. The first kappa shape index (κ1) is 13.4. The number of nitrogens with two attached hydrogens (primary N) is 1. The van der Waals surface area contributed by atoms with Gasteiger partial charge in [-0.05, 0) is 31.6 Å². The zero-order chi connectivity index (χ0) is 13.7. The lowest BCUT2D eigenvalue weighted by Gasteiger charge is -2.36. The fourth-order valence-electron chi connectivity index (χ4n) is 3.63. The lowest BCUT2D eigenvalue weighted by Crippen LogP contribution is -2.49. The van der Waals surface area contributed by atoms with Gasteiger partial charge in [0.1, 0.15) is 0 Å². The van der Waals surface area contributed by atoms with Gasteiger partial charge in [0.25, 0.3) is 0 Å².